The number of hydrogen-bond donors (Lipinski definition) is 1. The molecular formula is C23H22N2O3. The summed E-state index contributed by atoms with van der Waals surface area (Å²) in [4.78, 5) is 27.1. The first kappa shape index (κ1) is 18.0. The largest absolute Gasteiger partial charge is 0.457 e. The van der Waals surface area contributed by atoms with E-state index in [9.17, 15) is 9.59 Å². The summed E-state index contributed by atoms with van der Waals surface area (Å²) in [5, 5.41) is 1.80. The zero-order chi connectivity index (χ0) is 19.8. The van der Waals surface area contributed by atoms with E-state index in [1.54, 1.807) is 6.07 Å². The molecule has 5 heteroatoms. The van der Waals surface area contributed by atoms with Gasteiger partial charge >= 0.3 is 5.97 Å². The van der Waals surface area contributed by atoms with Crippen LogP contribution in [0.3, 0.4) is 0 Å². The molecule has 3 aromatic carbocycles. The Balaban J connectivity index is 1.68. The summed E-state index contributed by atoms with van der Waals surface area (Å²) >= 11 is 0. The number of fused-ring (bicyclic) bond motifs is 2. The molecule has 5 nitrogen and oxygen atoms in total. The maximum absolute atomic E-state index is 13.0. The van der Waals surface area contributed by atoms with Crippen molar-refractivity contribution in [3.63, 3.8) is 0 Å². The molecule has 2 unspecified atom stereocenters. The lowest BCUT2D eigenvalue weighted by Gasteiger charge is -2.20. The molecule has 28 heavy (non-hydrogen) atoms. The van der Waals surface area contributed by atoms with Gasteiger partial charge in [0.1, 0.15) is 12.0 Å². The molecule has 0 spiro atoms. The van der Waals surface area contributed by atoms with Crippen LogP contribution in [0.5, 0.6) is 0 Å². The summed E-state index contributed by atoms with van der Waals surface area (Å²) in [6.45, 7) is 0. The molecule has 3 aromatic rings. The van der Waals surface area contributed by atoms with E-state index in [4.69, 9.17) is 10.5 Å². The molecule has 0 heterocycles. The normalized spacial score (nSPS) is 17.9. The molecule has 1 aliphatic rings. The van der Waals surface area contributed by atoms with Crippen LogP contribution in [0.4, 0.5) is 5.69 Å². The Kier molecular flexibility index (Phi) is 4.51. The Bertz CT molecular complexity index is 1070. The summed E-state index contributed by atoms with van der Waals surface area (Å²) in [5.41, 5.74) is 8.98. The summed E-state index contributed by atoms with van der Waals surface area (Å²) in [6.07, 6.45) is -0.0989. The standard InChI is InChI=1S/C23H22N2O3/c1-25(2)19-12-11-18(16-9-5-6-10-17(16)19)23(27)28-20-13-14-7-3-4-8-15(14)21(20)22(24)26/h3-12,20-21H,13H2,1-2H3,(H2,24,26). The minimum absolute atomic E-state index is 0.439. The summed E-state index contributed by atoms with van der Waals surface area (Å²) in [6, 6.07) is 19.0. The van der Waals surface area contributed by atoms with Gasteiger partial charge in [-0.3, -0.25) is 4.79 Å². The lowest BCUT2D eigenvalue weighted by Crippen LogP contribution is -2.32. The predicted octanol–water partition coefficient (Wildman–Crippen LogP) is 3.26. The molecule has 0 fully saturated rings. The third-order valence-corrected chi connectivity index (χ3v) is 5.35. The van der Waals surface area contributed by atoms with Gasteiger partial charge in [-0.2, -0.15) is 0 Å². The van der Waals surface area contributed by atoms with Crippen molar-refractivity contribution < 1.29 is 14.3 Å². The monoisotopic (exact) mass is 374 g/mol. The maximum Gasteiger partial charge on any atom is 0.339 e. The van der Waals surface area contributed by atoms with Crippen molar-refractivity contribution >= 4 is 28.3 Å². The fourth-order valence-corrected chi connectivity index (χ4v) is 4.06. The van der Waals surface area contributed by atoms with E-state index in [1.165, 1.54) is 0 Å². The lowest BCUT2D eigenvalue weighted by atomic mass is 9.99. The third kappa shape index (κ3) is 2.99. The number of carbonyl (C=O) groups excluding carboxylic acids is 2. The van der Waals surface area contributed by atoms with E-state index in [0.29, 0.717) is 12.0 Å². The predicted molar refractivity (Wildman–Crippen MR) is 110 cm³/mol. The highest BCUT2D eigenvalue weighted by Gasteiger charge is 2.39. The molecule has 0 saturated heterocycles. The number of esters is 1. The Labute approximate surface area is 163 Å². The number of rotatable bonds is 4. The molecule has 2 N–H and O–H groups in total. The highest BCUT2D eigenvalue weighted by molar-refractivity contribution is 6.08. The molecule has 1 aliphatic carbocycles. The summed E-state index contributed by atoms with van der Waals surface area (Å²) in [5.74, 6) is -1.53. The van der Waals surface area contributed by atoms with Crippen LogP contribution in [-0.2, 0) is 16.0 Å². The van der Waals surface area contributed by atoms with Crippen LogP contribution in [0.25, 0.3) is 10.8 Å². The second kappa shape index (κ2) is 7.00. The van der Waals surface area contributed by atoms with Gasteiger partial charge in [-0.15, -0.1) is 0 Å². The van der Waals surface area contributed by atoms with Crippen molar-refractivity contribution in [2.75, 3.05) is 19.0 Å². The quantitative estimate of drug-likeness (QED) is 0.712. The van der Waals surface area contributed by atoms with Crippen LogP contribution in [0.15, 0.2) is 60.7 Å². The van der Waals surface area contributed by atoms with E-state index in [-0.39, 0.29) is 0 Å². The van der Waals surface area contributed by atoms with Crippen LogP contribution in [0.1, 0.15) is 27.4 Å². The Hall–Kier alpha value is -3.34. The number of carbonyl (C=O) groups is 2. The second-order valence-electron chi connectivity index (χ2n) is 7.30. The van der Waals surface area contributed by atoms with E-state index in [0.717, 1.165) is 27.6 Å². The number of nitrogens with two attached hydrogens (primary N) is 1. The zero-order valence-corrected chi connectivity index (χ0v) is 15.9. The van der Waals surface area contributed by atoms with Crippen molar-refractivity contribution in [1.82, 2.24) is 0 Å². The molecule has 142 valence electrons. The van der Waals surface area contributed by atoms with E-state index < -0.39 is 23.9 Å². The van der Waals surface area contributed by atoms with Crippen molar-refractivity contribution in [3.8, 4) is 0 Å². The van der Waals surface area contributed by atoms with Crippen molar-refractivity contribution in [1.29, 1.82) is 0 Å². The van der Waals surface area contributed by atoms with Gasteiger partial charge < -0.3 is 15.4 Å². The highest BCUT2D eigenvalue weighted by atomic mass is 16.5. The zero-order valence-electron chi connectivity index (χ0n) is 15.9. The average molecular weight is 374 g/mol. The number of primary amides is 1. The van der Waals surface area contributed by atoms with Crippen LogP contribution < -0.4 is 10.6 Å². The molecular weight excluding hydrogens is 352 g/mol. The smallest absolute Gasteiger partial charge is 0.339 e. The maximum atomic E-state index is 13.0. The Morgan fingerprint density at radius 1 is 0.964 bits per heavy atom. The fourth-order valence-electron chi connectivity index (χ4n) is 4.06. The number of anilines is 1. The molecule has 0 radical (unpaired) electrons. The Morgan fingerprint density at radius 2 is 1.64 bits per heavy atom. The van der Waals surface area contributed by atoms with E-state index in [1.807, 2.05) is 73.6 Å². The van der Waals surface area contributed by atoms with Gasteiger partial charge in [-0.05, 0) is 28.6 Å². The molecule has 0 aliphatic heterocycles. The minimum Gasteiger partial charge on any atom is -0.457 e. The van der Waals surface area contributed by atoms with Gasteiger partial charge in [-0.25, -0.2) is 4.79 Å². The highest BCUT2D eigenvalue weighted by Crippen LogP contribution is 2.36. The second-order valence-corrected chi connectivity index (χ2v) is 7.30. The summed E-state index contributed by atoms with van der Waals surface area (Å²) < 4.78 is 5.81. The number of amides is 1. The topological polar surface area (TPSA) is 72.6 Å². The van der Waals surface area contributed by atoms with Gasteiger partial charge in [0.05, 0.1) is 5.56 Å². The van der Waals surface area contributed by atoms with Gasteiger partial charge in [0, 0.05) is 31.6 Å². The SMILES string of the molecule is CN(C)c1ccc(C(=O)OC2Cc3ccccc3C2C(N)=O)c2ccccc12. The van der Waals surface area contributed by atoms with Gasteiger partial charge in [0.15, 0.2) is 0 Å². The lowest BCUT2D eigenvalue weighted by molar-refractivity contribution is -0.121. The fraction of sp³-hybridized carbons (Fsp3) is 0.217. The number of nitrogens with zero attached hydrogens (tertiary/aromatic N) is 1. The van der Waals surface area contributed by atoms with Crippen LogP contribution in [-0.4, -0.2) is 32.1 Å². The number of ether oxygens (including phenoxy) is 1. The minimum atomic E-state index is -0.618. The molecule has 0 saturated carbocycles. The number of hydrogen-bond acceptors (Lipinski definition) is 4. The van der Waals surface area contributed by atoms with Crippen LogP contribution in [0.2, 0.25) is 0 Å². The van der Waals surface area contributed by atoms with Crippen molar-refractivity contribution in [2.24, 2.45) is 5.73 Å². The van der Waals surface area contributed by atoms with Gasteiger partial charge in [0.2, 0.25) is 5.91 Å². The van der Waals surface area contributed by atoms with E-state index in [2.05, 4.69) is 0 Å². The van der Waals surface area contributed by atoms with Crippen LogP contribution >= 0.6 is 0 Å². The first-order valence-corrected chi connectivity index (χ1v) is 9.24. The molecule has 0 bridgehead atoms. The third-order valence-electron chi connectivity index (χ3n) is 5.35. The van der Waals surface area contributed by atoms with E-state index >= 15 is 0 Å². The number of benzene rings is 3. The van der Waals surface area contributed by atoms with Crippen molar-refractivity contribution in [2.45, 2.75) is 18.4 Å². The summed E-state index contributed by atoms with van der Waals surface area (Å²) in [7, 11) is 3.93. The van der Waals surface area contributed by atoms with Gasteiger partial charge in [0.25, 0.3) is 0 Å². The first-order chi connectivity index (χ1) is 13.5. The molecule has 4 rings (SSSR count). The van der Waals surface area contributed by atoms with Gasteiger partial charge in [-0.1, -0.05) is 48.5 Å². The average Bonchev–Trinajstić information content (AvgIpc) is 3.04. The molecule has 1 amide bonds. The molecule has 0 aromatic heterocycles. The van der Waals surface area contributed by atoms with Crippen LogP contribution in [0, 0.1) is 0 Å². The molecule has 2 atom stereocenters. The van der Waals surface area contributed by atoms with Crippen molar-refractivity contribution in [3.05, 3.63) is 77.4 Å². The first-order valence-electron chi connectivity index (χ1n) is 9.24. The Morgan fingerprint density at radius 3 is 2.36 bits per heavy atom.